The van der Waals surface area contributed by atoms with Gasteiger partial charge in [-0.05, 0) is 17.7 Å². The van der Waals surface area contributed by atoms with Gasteiger partial charge < -0.3 is 25.5 Å². The van der Waals surface area contributed by atoms with Gasteiger partial charge in [-0.15, -0.1) is 10.2 Å². The van der Waals surface area contributed by atoms with Crippen molar-refractivity contribution in [2.75, 3.05) is 57.6 Å². The molecule has 1 saturated heterocycles. The Morgan fingerprint density at radius 3 is 2.76 bits per heavy atom. The summed E-state index contributed by atoms with van der Waals surface area (Å²) in [5, 5.41) is 25.6. The maximum atomic E-state index is 8.12. The van der Waals surface area contributed by atoms with Gasteiger partial charge in [-0.25, -0.2) is 9.97 Å². The highest BCUT2D eigenvalue weighted by Gasteiger charge is 2.18. The Morgan fingerprint density at radius 2 is 2.03 bits per heavy atom. The smallest absolute Gasteiger partial charge is 0.170 e. The third-order valence-electron chi connectivity index (χ3n) is 6.56. The highest BCUT2D eigenvalue weighted by molar-refractivity contribution is 6.32. The van der Waals surface area contributed by atoms with E-state index < -0.39 is 0 Å². The molecule has 0 atom stereocenters. The molecule has 1 aromatic carbocycles. The first-order chi connectivity index (χ1) is 18.6. The minimum absolute atomic E-state index is 0.457. The van der Waals surface area contributed by atoms with Crippen LogP contribution in [0.3, 0.4) is 0 Å². The van der Waals surface area contributed by atoms with Gasteiger partial charge in [0, 0.05) is 74.6 Å². The second-order valence-corrected chi connectivity index (χ2v) is 9.28. The van der Waals surface area contributed by atoms with Crippen molar-refractivity contribution in [1.29, 1.82) is 5.41 Å². The molecule has 0 saturated carbocycles. The van der Waals surface area contributed by atoms with Crippen molar-refractivity contribution in [3.05, 3.63) is 58.8 Å². The van der Waals surface area contributed by atoms with Crippen molar-refractivity contribution < 1.29 is 9.47 Å². The van der Waals surface area contributed by atoms with E-state index in [1.807, 2.05) is 29.0 Å². The number of morpholine rings is 1. The van der Waals surface area contributed by atoms with Crippen LogP contribution in [-0.2, 0) is 17.7 Å². The molecule has 0 aliphatic carbocycles. The van der Waals surface area contributed by atoms with Crippen LogP contribution in [0.15, 0.2) is 36.9 Å². The molecule has 3 N–H and O–H groups in total. The third kappa shape index (κ3) is 5.40. The molecule has 1 aliphatic heterocycles. The first-order valence-electron chi connectivity index (χ1n) is 12.4. The second-order valence-electron chi connectivity index (χ2n) is 8.87. The lowest BCUT2D eigenvalue weighted by Crippen LogP contribution is -2.37. The molecular formula is C26H30ClN9O2. The van der Waals surface area contributed by atoms with Gasteiger partial charge in [0.15, 0.2) is 11.6 Å². The molecule has 4 aromatic rings. The molecule has 0 bridgehead atoms. The number of anilines is 2. The van der Waals surface area contributed by atoms with Crippen LogP contribution < -0.4 is 15.4 Å². The topological polar surface area (TPSA) is 126 Å². The quantitative estimate of drug-likeness (QED) is 0.262. The molecule has 11 nitrogen and oxygen atoms in total. The Bertz CT molecular complexity index is 1440. The summed E-state index contributed by atoms with van der Waals surface area (Å²) in [4.78, 5) is 11.5. The number of benzene rings is 1. The van der Waals surface area contributed by atoms with Crippen LogP contribution in [0.1, 0.15) is 16.8 Å². The van der Waals surface area contributed by atoms with E-state index in [1.54, 1.807) is 26.7 Å². The van der Waals surface area contributed by atoms with E-state index in [-0.39, 0.29) is 0 Å². The third-order valence-corrected chi connectivity index (χ3v) is 6.86. The lowest BCUT2D eigenvalue weighted by molar-refractivity contribution is 0.0383. The van der Waals surface area contributed by atoms with Crippen LogP contribution in [0.5, 0.6) is 5.75 Å². The zero-order valence-electron chi connectivity index (χ0n) is 21.4. The Hall–Kier alpha value is -3.80. The number of pyridine rings is 1. The van der Waals surface area contributed by atoms with Crippen LogP contribution in [0.4, 0.5) is 11.6 Å². The zero-order chi connectivity index (χ0) is 26.5. The number of halogens is 1. The first kappa shape index (κ1) is 25.8. The van der Waals surface area contributed by atoms with Gasteiger partial charge in [0.25, 0.3) is 0 Å². The summed E-state index contributed by atoms with van der Waals surface area (Å²) in [5.41, 5.74) is 2.54. The van der Waals surface area contributed by atoms with Crippen LogP contribution in [-0.4, -0.2) is 82.9 Å². The molecule has 3 aromatic heterocycles. The number of nitrogens with zero attached hydrogens (tertiary/aromatic N) is 6. The predicted octanol–water partition coefficient (Wildman–Crippen LogP) is 3.40. The predicted molar refractivity (Wildman–Crippen MR) is 148 cm³/mol. The zero-order valence-corrected chi connectivity index (χ0v) is 22.1. The minimum Gasteiger partial charge on any atom is -0.495 e. The van der Waals surface area contributed by atoms with Gasteiger partial charge in [0.1, 0.15) is 17.9 Å². The van der Waals surface area contributed by atoms with E-state index in [9.17, 15) is 0 Å². The summed E-state index contributed by atoms with van der Waals surface area (Å²) in [7, 11) is 3.36. The van der Waals surface area contributed by atoms with Crippen LogP contribution >= 0.6 is 11.6 Å². The summed E-state index contributed by atoms with van der Waals surface area (Å²) >= 11 is 6.31. The van der Waals surface area contributed by atoms with E-state index in [2.05, 4.69) is 35.7 Å². The number of nitrogens with one attached hydrogen (secondary N) is 3. The van der Waals surface area contributed by atoms with Gasteiger partial charge in [0.05, 0.1) is 31.0 Å². The highest BCUT2D eigenvalue weighted by Crippen LogP contribution is 2.32. The molecule has 5 rings (SSSR count). The Balaban J connectivity index is 1.46. The molecule has 0 spiro atoms. The van der Waals surface area contributed by atoms with Crippen molar-refractivity contribution in [3.8, 4) is 11.6 Å². The fraction of sp³-hybridized carbons (Fsp3) is 0.346. The highest BCUT2D eigenvalue weighted by atomic mass is 35.5. The van der Waals surface area contributed by atoms with Crippen molar-refractivity contribution >= 4 is 40.2 Å². The van der Waals surface area contributed by atoms with Crippen LogP contribution in [0.25, 0.3) is 16.6 Å². The standard InChI is InChI=1S/C26H30ClN9O2/c1-29-24-19(12-28)23-20(14-31-24)26(36-15-18(32-16-36)5-6-35-7-9-38-10-8-35)34-33-25(23)30-13-17-3-4-22(37-2)21(27)11-17/h3-4,11-12,14-16,28H,5-10,13H2,1-2H3,(H,29,31)(H,30,33). The molecule has 0 radical (unpaired) electrons. The van der Waals surface area contributed by atoms with E-state index in [4.69, 9.17) is 26.5 Å². The van der Waals surface area contributed by atoms with Crippen molar-refractivity contribution in [1.82, 2.24) is 29.6 Å². The molecule has 0 amide bonds. The molecule has 0 unspecified atom stereocenters. The van der Waals surface area contributed by atoms with Gasteiger partial charge in [-0.3, -0.25) is 9.47 Å². The first-order valence-corrected chi connectivity index (χ1v) is 12.8. The minimum atomic E-state index is 0.457. The average Bonchev–Trinajstić information content (AvgIpc) is 3.43. The summed E-state index contributed by atoms with van der Waals surface area (Å²) in [6, 6.07) is 5.61. The van der Waals surface area contributed by atoms with Gasteiger partial charge in [0.2, 0.25) is 0 Å². The fourth-order valence-corrected chi connectivity index (χ4v) is 4.80. The Morgan fingerprint density at radius 1 is 1.18 bits per heavy atom. The second kappa shape index (κ2) is 11.7. The molecule has 4 heterocycles. The number of rotatable bonds is 10. The molecule has 198 valence electrons. The van der Waals surface area contributed by atoms with Gasteiger partial charge in [-0.2, -0.15) is 0 Å². The molecule has 1 aliphatic rings. The van der Waals surface area contributed by atoms with Crippen LogP contribution in [0.2, 0.25) is 5.02 Å². The van der Waals surface area contributed by atoms with Crippen molar-refractivity contribution in [3.63, 3.8) is 0 Å². The lowest BCUT2D eigenvalue weighted by atomic mass is 10.1. The maximum Gasteiger partial charge on any atom is 0.170 e. The molecular weight excluding hydrogens is 506 g/mol. The number of imidazole rings is 1. The van der Waals surface area contributed by atoms with Gasteiger partial charge >= 0.3 is 0 Å². The van der Waals surface area contributed by atoms with Gasteiger partial charge in [-0.1, -0.05) is 17.7 Å². The average molecular weight is 536 g/mol. The van der Waals surface area contributed by atoms with Crippen LogP contribution in [0, 0.1) is 5.41 Å². The Kier molecular flexibility index (Phi) is 7.97. The van der Waals surface area contributed by atoms with E-state index in [1.165, 1.54) is 6.21 Å². The number of methoxy groups -OCH3 is 1. The number of fused-ring (bicyclic) bond motifs is 1. The normalized spacial score (nSPS) is 14.0. The SMILES string of the molecule is CNc1ncc2c(-n3cnc(CCN4CCOCC4)c3)nnc(NCc3ccc(OC)c(Cl)c3)c2c1C=N. The number of ether oxygens (including phenoxy) is 2. The maximum absolute atomic E-state index is 8.12. The number of aromatic nitrogens is 5. The summed E-state index contributed by atoms with van der Waals surface area (Å²) in [6.07, 6.45) is 7.59. The van der Waals surface area contributed by atoms with E-state index >= 15 is 0 Å². The number of hydrogen-bond acceptors (Lipinski definition) is 10. The summed E-state index contributed by atoms with van der Waals surface area (Å²) in [6.45, 7) is 4.83. The number of hydrogen-bond donors (Lipinski definition) is 3. The monoisotopic (exact) mass is 535 g/mol. The van der Waals surface area contributed by atoms with E-state index in [0.717, 1.165) is 61.3 Å². The largest absolute Gasteiger partial charge is 0.495 e. The van der Waals surface area contributed by atoms with Crippen molar-refractivity contribution in [2.24, 2.45) is 0 Å². The summed E-state index contributed by atoms with van der Waals surface area (Å²) in [5.74, 6) is 2.34. The summed E-state index contributed by atoms with van der Waals surface area (Å²) < 4.78 is 12.6. The van der Waals surface area contributed by atoms with E-state index in [0.29, 0.717) is 40.3 Å². The lowest BCUT2D eigenvalue weighted by Gasteiger charge is -2.26. The Labute approximate surface area is 225 Å². The molecule has 38 heavy (non-hydrogen) atoms. The molecule has 1 fully saturated rings. The van der Waals surface area contributed by atoms with Crippen molar-refractivity contribution in [2.45, 2.75) is 13.0 Å². The fourth-order valence-electron chi connectivity index (χ4n) is 4.52. The molecule has 12 heteroatoms.